The topological polar surface area (TPSA) is 151 Å². The number of carboxylic acids is 1. The first kappa shape index (κ1) is 29.6. The van der Waals surface area contributed by atoms with Gasteiger partial charge in [0.25, 0.3) is 0 Å². The predicted octanol–water partition coefficient (Wildman–Crippen LogP) is 0.938. The summed E-state index contributed by atoms with van der Waals surface area (Å²) in [5, 5.41) is 22.7. The smallest absolute Gasteiger partial charge is 0.373 e. The first-order valence-electron chi connectivity index (χ1n) is 9.65. The Balaban J connectivity index is -0.000000354. The molecule has 0 fully saturated rings. The fourth-order valence-electron chi connectivity index (χ4n) is 1.78. The second-order valence-corrected chi connectivity index (χ2v) is 5.80. The summed E-state index contributed by atoms with van der Waals surface area (Å²) in [5.74, 6) is -0.581. The molecule has 1 amide bonds. The van der Waals surface area contributed by atoms with Gasteiger partial charge < -0.3 is 32.1 Å². The summed E-state index contributed by atoms with van der Waals surface area (Å²) in [6.45, 7) is 8.46. The molecule has 0 saturated heterocycles. The van der Waals surface area contributed by atoms with Gasteiger partial charge in [0, 0.05) is 19.4 Å². The highest BCUT2D eigenvalue weighted by Crippen LogP contribution is 1.98. The standard InChI is InChI=1S/C8H18N2O.C7H16BNO3.C2H7N/c1-2-10-8(11)6-4-3-5-7-9;1-8(12)9-6-4-2-3-5-7(10)11;1-2-3/h2-7,9H2,1H3,(H,10,11);9,12H,2-6H2,1H3,(H,10,11);2-3H2,1H3. The molecule has 0 aliphatic carbocycles. The van der Waals surface area contributed by atoms with Crippen LogP contribution in [0.1, 0.15) is 65.2 Å². The van der Waals surface area contributed by atoms with E-state index in [1.54, 1.807) is 6.82 Å². The first-order chi connectivity index (χ1) is 12.3. The van der Waals surface area contributed by atoms with Gasteiger partial charge in [0.1, 0.15) is 0 Å². The average Bonchev–Trinajstić information content (AvgIpc) is 2.56. The number of carbonyl (C=O) groups excluding carboxylic acids is 1. The van der Waals surface area contributed by atoms with Crippen LogP contribution in [-0.4, -0.2) is 55.2 Å². The quantitative estimate of drug-likeness (QED) is 0.207. The molecule has 0 aromatic heterocycles. The fraction of sp³-hybridized carbons (Fsp3) is 0.882. The summed E-state index contributed by atoms with van der Waals surface area (Å²) >= 11 is 0. The summed E-state index contributed by atoms with van der Waals surface area (Å²) in [4.78, 5) is 20.9. The maximum atomic E-state index is 10.9. The van der Waals surface area contributed by atoms with Crippen molar-refractivity contribution in [1.29, 1.82) is 0 Å². The van der Waals surface area contributed by atoms with Crippen molar-refractivity contribution in [1.82, 2.24) is 10.5 Å². The number of amides is 1. The lowest BCUT2D eigenvalue weighted by Crippen LogP contribution is -2.31. The minimum absolute atomic E-state index is 0.157. The van der Waals surface area contributed by atoms with Gasteiger partial charge in [-0.25, -0.2) is 0 Å². The summed E-state index contributed by atoms with van der Waals surface area (Å²) in [6.07, 6.45) is 6.47. The molecule has 0 atom stereocenters. The van der Waals surface area contributed by atoms with Crippen LogP contribution in [0, 0.1) is 0 Å². The number of unbranched alkanes of at least 4 members (excludes halogenated alkanes) is 4. The van der Waals surface area contributed by atoms with Crippen LogP contribution < -0.4 is 22.0 Å². The minimum atomic E-state index is -0.738. The number of hydrogen-bond acceptors (Lipinski definition) is 6. The van der Waals surface area contributed by atoms with Gasteiger partial charge >= 0.3 is 13.0 Å². The van der Waals surface area contributed by atoms with Gasteiger partial charge in [0.05, 0.1) is 0 Å². The molecule has 0 rings (SSSR count). The van der Waals surface area contributed by atoms with Crippen molar-refractivity contribution in [3.8, 4) is 0 Å². The minimum Gasteiger partial charge on any atom is -0.481 e. The SMILES string of the molecule is CB(O)NCCCCCC(=O)O.CCN.CCNC(=O)CCCCCN. The van der Waals surface area contributed by atoms with Crippen LogP contribution in [0.2, 0.25) is 6.82 Å². The van der Waals surface area contributed by atoms with Gasteiger partial charge in [-0.05, 0) is 59.1 Å². The van der Waals surface area contributed by atoms with E-state index in [0.29, 0.717) is 6.42 Å². The van der Waals surface area contributed by atoms with Gasteiger partial charge in [-0.2, -0.15) is 0 Å². The molecule has 0 aromatic carbocycles. The third-order valence-electron chi connectivity index (χ3n) is 2.99. The zero-order valence-corrected chi connectivity index (χ0v) is 16.9. The molecule has 0 heterocycles. The van der Waals surface area contributed by atoms with Gasteiger partial charge in [-0.15, -0.1) is 0 Å². The highest BCUT2D eigenvalue weighted by Gasteiger charge is 2.00. The normalized spacial score (nSPS) is 9.31. The van der Waals surface area contributed by atoms with Crippen LogP contribution in [0.15, 0.2) is 0 Å². The Morgan fingerprint density at radius 1 is 0.962 bits per heavy atom. The lowest BCUT2D eigenvalue weighted by atomic mass is 9.89. The highest BCUT2D eigenvalue weighted by molar-refractivity contribution is 6.45. The molecule has 0 aliphatic rings. The number of nitrogens with two attached hydrogens (primary N) is 2. The molecule has 156 valence electrons. The van der Waals surface area contributed by atoms with E-state index in [9.17, 15) is 9.59 Å². The molecular weight excluding hydrogens is 335 g/mol. The van der Waals surface area contributed by atoms with Crippen LogP contribution in [0.5, 0.6) is 0 Å². The summed E-state index contributed by atoms with van der Waals surface area (Å²) in [6, 6.07) is 0. The Morgan fingerprint density at radius 2 is 1.50 bits per heavy atom. The molecule has 0 radical (unpaired) electrons. The van der Waals surface area contributed by atoms with Crippen LogP contribution >= 0.6 is 0 Å². The summed E-state index contributed by atoms with van der Waals surface area (Å²) in [7, 11) is -0.468. The molecule has 8 nitrogen and oxygen atoms in total. The van der Waals surface area contributed by atoms with E-state index in [4.69, 9.17) is 21.6 Å². The monoisotopic (exact) mass is 376 g/mol. The largest absolute Gasteiger partial charge is 0.481 e. The zero-order chi connectivity index (χ0) is 20.6. The highest BCUT2D eigenvalue weighted by atomic mass is 16.4. The Kier molecular flexibility index (Phi) is 29.7. The van der Waals surface area contributed by atoms with Crippen molar-refractivity contribution in [2.45, 2.75) is 72.0 Å². The van der Waals surface area contributed by atoms with E-state index in [2.05, 4.69) is 10.5 Å². The lowest BCUT2D eigenvalue weighted by molar-refractivity contribution is -0.137. The Hall–Kier alpha value is -1.16. The third kappa shape index (κ3) is 38.4. The first-order valence-corrected chi connectivity index (χ1v) is 9.65. The second-order valence-electron chi connectivity index (χ2n) is 5.80. The van der Waals surface area contributed by atoms with Crippen molar-refractivity contribution in [3.05, 3.63) is 0 Å². The van der Waals surface area contributed by atoms with Crippen LogP contribution in [-0.2, 0) is 9.59 Å². The lowest BCUT2D eigenvalue weighted by Gasteiger charge is -2.02. The van der Waals surface area contributed by atoms with Gasteiger partial charge in [0.15, 0.2) is 0 Å². The van der Waals surface area contributed by atoms with E-state index >= 15 is 0 Å². The molecule has 0 aliphatic heterocycles. The van der Waals surface area contributed by atoms with E-state index in [1.165, 1.54) is 0 Å². The van der Waals surface area contributed by atoms with Crippen LogP contribution in [0.3, 0.4) is 0 Å². The summed E-state index contributed by atoms with van der Waals surface area (Å²) < 4.78 is 0. The number of carboxylic acid groups (broad SMARTS) is 1. The fourth-order valence-corrected chi connectivity index (χ4v) is 1.78. The molecule has 0 aromatic rings. The van der Waals surface area contributed by atoms with E-state index in [0.717, 1.165) is 64.7 Å². The number of hydrogen-bond donors (Lipinski definition) is 6. The van der Waals surface area contributed by atoms with Gasteiger partial charge in [-0.1, -0.05) is 19.8 Å². The van der Waals surface area contributed by atoms with E-state index < -0.39 is 13.0 Å². The van der Waals surface area contributed by atoms with Crippen LogP contribution in [0.25, 0.3) is 0 Å². The number of rotatable bonds is 13. The van der Waals surface area contributed by atoms with Gasteiger partial charge in [0.2, 0.25) is 5.91 Å². The molecular formula is C17H41BN4O4. The molecule has 0 saturated carbocycles. The third-order valence-corrected chi connectivity index (χ3v) is 2.99. The zero-order valence-electron chi connectivity index (χ0n) is 16.9. The molecule has 0 bridgehead atoms. The maximum absolute atomic E-state index is 10.9. The molecule has 9 heteroatoms. The maximum Gasteiger partial charge on any atom is 0.373 e. The molecule has 0 unspecified atom stereocenters. The van der Waals surface area contributed by atoms with Crippen molar-refractivity contribution in [3.63, 3.8) is 0 Å². The second kappa shape index (κ2) is 26.1. The van der Waals surface area contributed by atoms with Crippen LogP contribution in [0.4, 0.5) is 0 Å². The van der Waals surface area contributed by atoms with E-state index in [1.807, 2.05) is 13.8 Å². The predicted molar refractivity (Wildman–Crippen MR) is 109 cm³/mol. The van der Waals surface area contributed by atoms with Crippen molar-refractivity contribution < 1.29 is 19.7 Å². The average molecular weight is 376 g/mol. The van der Waals surface area contributed by atoms with Crippen molar-refractivity contribution >= 4 is 18.9 Å². The molecule has 0 spiro atoms. The Bertz CT molecular complexity index is 308. The van der Waals surface area contributed by atoms with Crippen molar-refractivity contribution in [2.75, 3.05) is 26.2 Å². The van der Waals surface area contributed by atoms with Crippen molar-refractivity contribution in [2.24, 2.45) is 11.5 Å². The Morgan fingerprint density at radius 3 is 1.96 bits per heavy atom. The molecule has 26 heavy (non-hydrogen) atoms. The Labute approximate surface area is 159 Å². The van der Waals surface area contributed by atoms with E-state index in [-0.39, 0.29) is 12.3 Å². The number of carbonyl (C=O) groups is 2. The molecule has 8 N–H and O–H groups in total. The number of aliphatic carboxylic acids is 1. The van der Waals surface area contributed by atoms with Gasteiger partial charge in [-0.3, -0.25) is 9.59 Å². The summed E-state index contributed by atoms with van der Waals surface area (Å²) in [5.41, 5.74) is 10.2. The number of nitrogens with one attached hydrogen (secondary N) is 2.